The SMILES string of the molecule is COCCC1(C#N)CC(N2CCCC3(COc4nc(N5CCOC[C@@](C)(O)C5)c5c(OC)nc(-c6c(Cl)c(C)cc7[nH]ncc67)c(F)c5n4)CCCC23)C1. The van der Waals surface area contributed by atoms with Crippen LogP contribution < -0.4 is 14.4 Å². The molecule has 0 amide bonds. The summed E-state index contributed by atoms with van der Waals surface area (Å²) in [5, 5.41) is 29.6. The van der Waals surface area contributed by atoms with E-state index in [1.54, 1.807) is 20.2 Å². The number of nitrogens with zero attached hydrogens (tertiary/aromatic N) is 7. The number of piperidine rings is 1. The second kappa shape index (κ2) is 14.3. The van der Waals surface area contributed by atoms with Crippen molar-refractivity contribution < 1.29 is 28.4 Å². The predicted molar refractivity (Wildman–Crippen MR) is 201 cm³/mol. The van der Waals surface area contributed by atoms with E-state index in [-0.39, 0.29) is 52.5 Å². The lowest BCUT2D eigenvalue weighted by Crippen LogP contribution is -2.60. The average Bonchev–Trinajstić information content (AvgIpc) is 3.75. The van der Waals surface area contributed by atoms with E-state index >= 15 is 4.39 Å². The number of aromatic amines is 1. The number of rotatable bonds is 10. The van der Waals surface area contributed by atoms with E-state index in [1.807, 2.05) is 17.9 Å². The second-order valence-corrected chi connectivity index (χ2v) is 16.5. The summed E-state index contributed by atoms with van der Waals surface area (Å²) in [6, 6.07) is 5.16. The number of aliphatic hydroxyl groups is 1. The summed E-state index contributed by atoms with van der Waals surface area (Å²) in [4.78, 5) is 18.9. The largest absolute Gasteiger partial charge is 0.480 e. The Bertz CT molecular complexity index is 2100. The molecule has 2 N–H and O–H groups in total. The molecule has 0 radical (unpaired) electrons. The van der Waals surface area contributed by atoms with Gasteiger partial charge in [0, 0.05) is 48.7 Å². The molecule has 15 heteroatoms. The molecular formula is C39H48ClFN8O5. The fourth-order valence-electron chi connectivity index (χ4n) is 9.64. The quantitative estimate of drug-likeness (QED) is 0.195. The van der Waals surface area contributed by atoms with Crippen molar-refractivity contribution >= 4 is 39.2 Å². The van der Waals surface area contributed by atoms with Gasteiger partial charge in [0.05, 0.1) is 61.7 Å². The summed E-state index contributed by atoms with van der Waals surface area (Å²) in [5.41, 5.74) is 0.0813. The molecule has 2 saturated carbocycles. The lowest BCUT2D eigenvalue weighted by Gasteiger charge is -2.55. The minimum atomic E-state index is -1.20. The molecule has 2 aliphatic carbocycles. The van der Waals surface area contributed by atoms with E-state index in [9.17, 15) is 10.4 Å². The van der Waals surface area contributed by atoms with Crippen LogP contribution in [0.1, 0.15) is 63.9 Å². The van der Waals surface area contributed by atoms with Gasteiger partial charge in [-0.3, -0.25) is 10.00 Å². The van der Waals surface area contributed by atoms with Gasteiger partial charge >= 0.3 is 6.01 Å². The van der Waals surface area contributed by atoms with Crippen molar-refractivity contribution in [3.05, 3.63) is 28.7 Å². The van der Waals surface area contributed by atoms with Gasteiger partial charge in [-0.2, -0.15) is 20.3 Å². The van der Waals surface area contributed by atoms with E-state index in [0.717, 1.165) is 63.5 Å². The molecule has 0 bridgehead atoms. The molecule has 4 fully saturated rings. The second-order valence-electron chi connectivity index (χ2n) is 16.1. The first-order valence-corrected chi connectivity index (χ1v) is 19.3. The lowest BCUT2D eigenvalue weighted by molar-refractivity contribution is -0.0712. The highest BCUT2D eigenvalue weighted by Crippen LogP contribution is 2.54. The maximum Gasteiger partial charge on any atom is 0.319 e. The molecule has 4 aromatic rings. The number of likely N-dealkylation sites (tertiary alicyclic amines) is 1. The zero-order valence-electron chi connectivity index (χ0n) is 31.4. The number of hydrogen-bond donors (Lipinski definition) is 2. The third-order valence-corrected chi connectivity index (χ3v) is 12.8. The number of methoxy groups -OCH3 is 2. The monoisotopic (exact) mass is 762 g/mol. The van der Waals surface area contributed by atoms with Crippen LogP contribution in [0.4, 0.5) is 10.2 Å². The zero-order chi connectivity index (χ0) is 37.8. The Kier molecular flexibility index (Phi) is 9.84. The van der Waals surface area contributed by atoms with Crippen LogP contribution in [-0.4, -0.2) is 113 Å². The summed E-state index contributed by atoms with van der Waals surface area (Å²) in [7, 11) is 3.16. The van der Waals surface area contributed by atoms with E-state index in [2.05, 4.69) is 21.2 Å². The van der Waals surface area contributed by atoms with Crippen LogP contribution in [0.5, 0.6) is 11.9 Å². The van der Waals surface area contributed by atoms with Gasteiger partial charge in [0.15, 0.2) is 5.82 Å². The van der Waals surface area contributed by atoms with Crippen LogP contribution in [0.2, 0.25) is 5.02 Å². The maximum absolute atomic E-state index is 17.3. The molecule has 4 aliphatic rings. The number of β-amino-alcohol motifs (C(OH)–C–C–N with tert-alkyl or cyclic N) is 1. The van der Waals surface area contributed by atoms with Gasteiger partial charge in [0.25, 0.3) is 0 Å². The van der Waals surface area contributed by atoms with Crippen molar-refractivity contribution in [1.82, 2.24) is 30.0 Å². The number of fused-ring (bicyclic) bond motifs is 3. The minimum absolute atomic E-state index is 0.0278. The van der Waals surface area contributed by atoms with Gasteiger partial charge in [0.1, 0.15) is 28.0 Å². The van der Waals surface area contributed by atoms with Gasteiger partial charge in [-0.05, 0) is 77.0 Å². The number of aromatic nitrogens is 5. The number of nitriles is 1. The van der Waals surface area contributed by atoms with E-state index in [4.69, 9.17) is 45.5 Å². The Morgan fingerprint density at radius 2 is 2.00 bits per heavy atom. The Morgan fingerprint density at radius 3 is 2.78 bits per heavy atom. The Balaban J connectivity index is 1.19. The number of anilines is 1. The first-order chi connectivity index (χ1) is 26.0. The number of halogens is 2. The van der Waals surface area contributed by atoms with Gasteiger partial charge in [-0.25, -0.2) is 9.37 Å². The molecule has 2 saturated heterocycles. The normalized spacial score (nSPS) is 28.8. The summed E-state index contributed by atoms with van der Waals surface area (Å²) in [6.07, 6.45) is 9.24. The predicted octanol–water partition coefficient (Wildman–Crippen LogP) is 5.99. The van der Waals surface area contributed by atoms with Crippen molar-refractivity contribution in [3.63, 3.8) is 0 Å². The third-order valence-electron chi connectivity index (χ3n) is 12.3. The molecule has 5 heterocycles. The highest BCUT2D eigenvalue weighted by molar-refractivity contribution is 6.35. The molecule has 54 heavy (non-hydrogen) atoms. The highest BCUT2D eigenvalue weighted by atomic mass is 35.5. The molecule has 13 nitrogen and oxygen atoms in total. The molecule has 1 aromatic carbocycles. The van der Waals surface area contributed by atoms with Crippen molar-refractivity contribution in [1.29, 1.82) is 5.26 Å². The lowest BCUT2D eigenvalue weighted by atomic mass is 9.62. The van der Waals surface area contributed by atoms with Crippen molar-refractivity contribution in [2.45, 2.75) is 82.9 Å². The molecule has 3 aromatic heterocycles. The van der Waals surface area contributed by atoms with Crippen LogP contribution in [0.25, 0.3) is 33.1 Å². The molecular weight excluding hydrogens is 715 g/mol. The van der Waals surface area contributed by atoms with Gasteiger partial charge < -0.3 is 29.0 Å². The van der Waals surface area contributed by atoms with E-state index in [1.165, 1.54) is 7.11 Å². The Morgan fingerprint density at radius 1 is 1.19 bits per heavy atom. The number of hydrogen-bond acceptors (Lipinski definition) is 12. The van der Waals surface area contributed by atoms with Gasteiger partial charge in [-0.15, -0.1) is 0 Å². The van der Waals surface area contributed by atoms with Crippen LogP contribution in [0.3, 0.4) is 0 Å². The van der Waals surface area contributed by atoms with Crippen molar-refractivity contribution in [3.8, 4) is 29.2 Å². The van der Waals surface area contributed by atoms with Crippen LogP contribution in [0, 0.1) is 34.9 Å². The molecule has 2 aliphatic heterocycles. The number of H-pyrrole nitrogens is 1. The summed E-state index contributed by atoms with van der Waals surface area (Å²) >= 11 is 6.88. The number of benzene rings is 1. The molecule has 2 unspecified atom stereocenters. The number of aryl methyl sites for hydroxylation is 1. The molecule has 0 spiro atoms. The fraction of sp³-hybridized carbons (Fsp3) is 0.615. The first kappa shape index (κ1) is 37.1. The van der Waals surface area contributed by atoms with Crippen molar-refractivity contribution in [2.24, 2.45) is 10.8 Å². The third kappa shape index (κ3) is 6.41. The molecule has 8 rings (SSSR count). The van der Waals surface area contributed by atoms with Crippen LogP contribution in [0.15, 0.2) is 12.3 Å². The number of ether oxygens (including phenoxy) is 4. The molecule has 288 valence electrons. The van der Waals surface area contributed by atoms with Crippen LogP contribution >= 0.6 is 11.6 Å². The first-order valence-electron chi connectivity index (χ1n) is 18.9. The highest BCUT2D eigenvalue weighted by Gasteiger charge is 2.55. The van der Waals surface area contributed by atoms with Crippen molar-refractivity contribution in [2.75, 3.05) is 65.2 Å². The summed E-state index contributed by atoms with van der Waals surface area (Å²) < 4.78 is 40.8. The van der Waals surface area contributed by atoms with E-state index in [0.29, 0.717) is 65.8 Å². The number of nitrogens with one attached hydrogen (secondary N) is 1. The molecule has 3 atom stereocenters. The van der Waals surface area contributed by atoms with E-state index < -0.39 is 11.4 Å². The minimum Gasteiger partial charge on any atom is -0.480 e. The summed E-state index contributed by atoms with van der Waals surface area (Å²) in [6.45, 7) is 6.52. The smallest absolute Gasteiger partial charge is 0.319 e. The Labute approximate surface area is 319 Å². The zero-order valence-corrected chi connectivity index (χ0v) is 32.1. The van der Waals surface area contributed by atoms with Gasteiger partial charge in [0.2, 0.25) is 5.88 Å². The topological polar surface area (TPSA) is 155 Å². The summed E-state index contributed by atoms with van der Waals surface area (Å²) in [5.74, 6) is -0.255. The van der Waals surface area contributed by atoms with Gasteiger partial charge in [-0.1, -0.05) is 18.0 Å². The Hall–Kier alpha value is -3.87. The standard InChI is InChI=1S/C39H48ClFN8O5/c1-23-15-26-25(18-43-47-26)28(30(23)40)32-31(41)33-29(35(44-32)52-4)34(48-12-14-53-21-37(2,50)20-48)46-36(45-33)54-22-39-8-5-7-27(39)49(11-6-9-39)24-16-38(17-24,19-42)10-13-51-3/h15,18,24,27,50H,5-14,16-17,20-22H2,1-4H3,(H,43,47)/t24?,27?,37-,38?,39?/m0/s1. The number of pyridine rings is 1. The van der Waals surface area contributed by atoms with Crippen LogP contribution in [-0.2, 0) is 9.47 Å². The average molecular weight is 763 g/mol. The maximum atomic E-state index is 17.3. The fourth-order valence-corrected chi connectivity index (χ4v) is 9.88.